The molecule has 1 saturated heterocycles. The summed E-state index contributed by atoms with van der Waals surface area (Å²) in [7, 11) is 0. The van der Waals surface area contributed by atoms with Gasteiger partial charge in [-0.05, 0) is 29.8 Å². The summed E-state index contributed by atoms with van der Waals surface area (Å²) in [6.45, 7) is 5.53. The molecule has 39 heavy (non-hydrogen) atoms. The number of nitrogens with two attached hydrogens (primary N) is 1. The highest BCUT2D eigenvalue weighted by Crippen LogP contribution is 2.49. The lowest BCUT2D eigenvalue weighted by Crippen LogP contribution is -2.50. The minimum atomic E-state index is -4.78. The van der Waals surface area contributed by atoms with Crippen molar-refractivity contribution in [3.63, 3.8) is 0 Å². The summed E-state index contributed by atoms with van der Waals surface area (Å²) in [5.41, 5.74) is 5.00. The van der Waals surface area contributed by atoms with E-state index in [1.54, 1.807) is 9.80 Å². The number of piperazine rings is 1. The molecule has 1 atom stereocenters. The molecule has 210 valence electrons. The van der Waals surface area contributed by atoms with Crippen molar-refractivity contribution in [1.82, 2.24) is 9.80 Å². The number of amides is 1. The van der Waals surface area contributed by atoms with Crippen molar-refractivity contribution < 1.29 is 27.1 Å². The minimum Gasteiger partial charge on any atom is -0.381 e. The number of hydrogen-bond acceptors (Lipinski definition) is 6. The average molecular weight is 586 g/mol. The van der Waals surface area contributed by atoms with Gasteiger partial charge in [-0.2, -0.15) is 13.2 Å². The van der Waals surface area contributed by atoms with Crippen molar-refractivity contribution in [2.75, 3.05) is 56.9 Å². The van der Waals surface area contributed by atoms with E-state index >= 15 is 0 Å². The van der Waals surface area contributed by atoms with Crippen LogP contribution in [0.25, 0.3) is 11.1 Å². The number of carbonyl (C=O) groups excluding carboxylic acids is 1. The zero-order valence-electron chi connectivity index (χ0n) is 20.9. The molecule has 4 rings (SSSR count). The number of amidine groups is 1. The Labute approximate surface area is 232 Å². The first-order valence-electron chi connectivity index (χ1n) is 12.2. The van der Waals surface area contributed by atoms with E-state index in [-0.39, 0.29) is 70.7 Å². The Balaban J connectivity index is 1.83. The number of nitrogens with zero attached hydrogens (tertiary/aromatic N) is 2. The maximum atomic E-state index is 14.6. The van der Waals surface area contributed by atoms with Gasteiger partial charge in [0, 0.05) is 61.0 Å². The largest absolute Gasteiger partial charge is 0.417 e. The Kier molecular flexibility index (Phi) is 9.10. The lowest BCUT2D eigenvalue weighted by Gasteiger charge is -2.36. The summed E-state index contributed by atoms with van der Waals surface area (Å²) < 4.78 is 63.4. The number of thioether (sulfide) groups is 1. The summed E-state index contributed by atoms with van der Waals surface area (Å²) >= 11 is 7.14. The van der Waals surface area contributed by atoms with Crippen molar-refractivity contribution in [3.8, 4) is 11.1 Å². The first kappa shape index (κ1) is 29.2. The fourth-order valence-corrected chi connectivity index (χ4v) is 6.02. The molecule has 1 unspecified atom stereocenters. The quantitative estimate of drug-likeness (QED) is 0.197. The van der Waals surface area contributed by atoms with E-state index in [4.69, 9.17) is 27.5 Å². The molecule has 2 aromatic rings. The molecule has 2 heterocycles. The third kappa shape index (κ3) is 6.34. The summed E-state index contributed by atoms with van der Waals surface area (Å²) in [6, 6.07) is 4.44. The molecule has 0 aromatic heterocycles. The Hall–Kier alpha value is -2.80. The first-order valence-corrected chi connectivity index (χ1v) is 13.6. The molecule has 0 aliphatic carbocycles. The summed E-state index contributed by atoms with van der Waals surface area (Å²) in [4.78, 5) is 15.5. The first-order chi connectivity index (χ1) is 18.5. The van der Waals surface area contributed by atoms with Crippen LogP contribution in [-0.4, -0.2) is 79.3 Å². The number of alkyl halides is 3. The molecule has 13 heteroatoms. The van der Waals surface area contributed by atoms with Crippen LogP contribution >= 0.6 is 23.4 Å². The fraction of sp³-hybridized carbons (Fsp3) is 0.385. The molecule has 4 N–H and O–H groups in total. The van der Waals surface area contributed by atoms with Gasteiger partial charge in [-0.15, -0.1) is 11.8 Å². The van der Waals surface area contributed by atoms with E-state index < -0.39 is 17.6 Å². The van der Waals surface area contributed by atoms with Gasteiger partial charge in [0.05, 0.1) is 29.0 Å². The van der Waals surface area contributed by atoms with Crippen molar-refractivity contribution in [2.24, 2.45) is 5.73 Å². The molecule has 2 aliphatic heterocycles. The van der Waals surface area contributed by atoms with E-state index in [9.17, 15) is 22.4 Å². The minimum absolute atomic E-state index is 0.0738. The third-order valence-corrected chi connectivity index (χ3v) is 8.05. The van der Waals surface area contributed by atoms with Crippen LogP contribution in [0.4, 0.5) is 23.2 Å². The number of anilines is 1. The van der Waals surface area contributed by atoms with Crippen molar-refractivity contribution in [1.29, 1.82) is 5.41 Å². The molecule has 1 fully saturated rings. The van der Waals surface area contributed by atoms with Crippen LogP contribution in [0.5, 0.6) is 0 Å². The van der Waals surface area contributed by atoms with Crippen LogP contribution < -0.4 is 11.1 Å². The molecule has 0 radical (unpaired) electrons. The van der Waals surface area contributed by atoms with Crippen LogP contribution in [0.2, 0.25) is 5.02 Å². The van der Waals surface area contributed by atoms with Crippen LogP contribution in [0.1, 0.15) is 11.1 Å². The number of fused-ring (bicyclic) bond motifs is 1. The molecule has 0 spiro atoms. The van der Waals surface area contributed by atoms with E-state index in [0.29, 0.717) is 31.1 Å². The summed E-state index contributed by atoms with van der Waals surface area (Å²) in [5.74, 6) is -0.745. The normalized spacial score (nSPS) is 17.7. The second-order valence-corrected chi connectivity index (χ2v) is 10.5. The number of ether oxygens (including phenoxy) is 1. The van der Waals surface area contributed by atoms with E-state index in [0.717, 1.165) is 12.1 Å². The van der Waals surface area contributed by atoms with Crippen LogP contribution in [-0.2, 0) is 15.7 Å². The highest BCUT2D eigenvalue weighted by Gasteiger charge is 2.39. The van der Waals surface area contributed by atoms with Crippen molar-refractivity contribution in [3.05, 3.63) is 58.9 Å². The Morgan fingerprint density at radius 1 is 1.26 bits per heavy atom. The van der Waals surface area contributed by atoms with Crippen LogP contribution in [0.3, 0.4) is 0 Å². The monoisotopic (exact) mass is 585 g/mol. The highest BCUT2D eigenvalue weighted by molar-refractivity contribution is 7.99. The van der Waals surface area contributed by atoms with Gasteiger partial charge in [-0.3, -0.25) is 10.2 Å². The molecular weight excluding hydrogens is 558 g/mol. The predicted molar refractivity (Wildman–Crippen MR) is 145 cm³/mol. The zero-order valence-corrected chi connectivity index (χ0v) is 22.5. The number of hydrogen-bond donors (Lipinski definition) is 3. The maximum Gasteiger partial charge on any atom is 0.417 e. The average Bonchev–Trinajstić information content (AvgIpc) is 3.14. The number of benzene rings is 2. The Morgan fingerprint density at radius 2 is 1.95 bits per heavy atom. The predicted octanol–water partition coefficient (Wildman–Crippen LogP) is 4.68. The van der Waals surface area contributed by atoms with Crippen molar-refractivity contribution >= 4 is 40.8 Å². The summed E-state index contributed by atoms with van der Waals surface area (Å²) in [5, 5.41) is 11.8. The van der Waals surface area contributed by atoms with E-state index in [1.165, 1.54) is 30.0 Å². The van der Waals surface area contributed by atoms with Gasteiger partial charge in [-0.1, -0.05) is 24.2 Å². The topological polar surface area (TPSA) is 94.7 Å². The number of halogens is 5. The Morgan fingerprint density at radius 3 is 2.56 bits per heavy atom. The molecule has 0 bridgehead atoms. The van der Waals surface area contributed by atoms with E-state index in [1.807, 2.05) is 0 Å². The zero-order chi connectivity index (χ0) is 28.3. The summed E-state index contributed by atoms with van der Waals surface area (Å²) in [6.07, 6.45) is -3.92. The third-order valence-electron chi connectivity index (χ3n) is 6.52. The molecule has 2 aliphatic rings. The molecular formula is C26H28ClF4N5O2S. The molecule has 1 amide bonds. The Bertz CT molecular complexity index is 1270. The van der Waals surface area contributed by atoms with Gasteiger partial charge < -0.3 is 25.6 Å². The van der Waals surface area contributed by atoms with Gasteiger partial charge in [-0.25, -0.2) is 4.39 Å². The number of carbonyl (C=O) groups is 1. The highest BCUT2D eigenvalue weighted by atomic mass is 35.5. The molecule has 2 aromatic carbocycles. The number of nitrogens with one attached hydrogen (secondary N) is 2. The van der Waals surface area contributed by atoms with Gasteiger partial charge in [0.1, 0.15) is 11.7 Å². The smallest absolute Gasteiger partial charge is 0.381 e. The SMILES string of the molecule is C=CC(=O)N1CCN(C(=N)c2cc(C(F)(F)F)c(-c3ccc(F)c(Cl)c3)c3c2NCC(OCCN)CS3)CC1. The van der Waals surface area contributed by atoms with Crippen LogP contribution in [0.15, 0.2) is 41.8 Å². The molecule has 7 nitrogen and oxygen atoms in total. The second-order valence-electron chi connectivity index (χ2n) is 9.02. The van der Waals surface area contributed by atoms with Crippen molar-refractivity contribution in [2.45, 2.75) is 17.2 Å². The fourth-order valence-electron chi connectivity index (χ4n) is 4.57. The molecule has 0 saturated carbocycles. The van der Waals surface area contributed by atoms with Gasteiger partial charge in [0.2, 0.25) is 5.91 Å². The second kappa shape index (κ2) is 12.2. The lowest BCUT2D eigenvalue weighted by molar-refractivity contribution is -0.137. The van der Waals surface area contributed by atoms with Gasteiger partial charge in [0.25, 0.3) is 0 Å². The van der Waals surface area contributed by atoms with Gasteiger partial charge in [0.15, 0.2) is 0 Å². The van der Waals surface area contributed by atoms with E-state index in [2.05, 4.69) is 11.9 Å². The maximum absolute atomic E-state index is 14.6. The number of rotatable bonds is 6. The standard InChI is InChI=1S/C26H28ClF4N5O2S/c1-2-21(37)35-6-8-36(9-7-35)25(33)17-12-18(26(29,30)31)22(15-3-4-20(28)19(27)11-15)24-23(17)34-13-16(14-39-24)38-10-5-32/h2-4,11-12,16,33-34H,1,5-10,13-14,32H2. The van der Waals surface area contributed by atoms with Gasteiger partial charge >= 0.3 is 6.18 Å². The lowest BCUT2D eigenvalue weighted by atomic mass is 9.94. The van der Waals surface area contributed by atoms with Crippen LogP contribution in [0, 0.1) is 11.2 Å².